The molecule has 5 heteroatoms. The number of likely N-dealkylation sites (tertiary alicyclic amines) is 1. The summed E-state index contributed by atoms with van der Waals surface area (Å²) in [5.41, 5.74) is 1.87. The van der Waals surface area contributed by atoms with Crippen LogP contribution in [0.2, 0.25) is 0 Å². The molecule has 0 radical (unpaired) electrons. The number of halogens is 2. The summed E-state index contributed by atoms with van der Waals surface area (Å²) in [5.74, 6) is -1.62. The summed E-state index contributed by atoms with van der Waals surface area (Å²) in [6, 6.07) is 8.26. The van der Waals surface area contributed by atoms with Gasteiger partial charge in [0.05, 0.1) is 0 Å². The van der Waals surface area contributed by atoms with Gasteiger partial charge in [-0.25, -0.2) is 8.78 Å². The first-order chi connectivity index (χ1) is 10.7. The minimum Gasteiger partial charge on any atom is -0.381 e. The van der Waals surface area contributed by atoms with Crippen LogP contribution in [-0.4, -0.2) is 29.0 Å². The Bertz CT molecular complexity index is 619. The van der Waals surface area contributed by atoms with Gasteiger partial charge in [-0.05, 0) is 49.2 Å². The van der Waals surface area contributed by atoms with Crippen LogP contribution in [0, 0.1) is 11.6 Å². The summed E-state index contributed by atoms with van der Waals surface area (Å²) in [6.07, 6.45) is 5.73. The van der Waals surface area contributed by atoms with Crippen molar-refractivity contribution in [3.8, 4) is 0 Å². The first kappa shape index (κ1) is 14.9. The van der Waals surface area contributed by atoms with E-state index in [-0.39, 0.29) is 6.04 Å². The third-order valence-corrected chi connectivity index (χ3v) is 3.95. The zero-order chi connectivity index (χ0) is 15.4. The zero-order valence-corrected chi connectivity index (χ0v) is 12.3. The van der Waals surface area contributed by atoms with Crippen LogP contribution in [0.3, 0.4) is 0 Å². The molecule has 0 bridgehead atoms. The predicted octanol–water partition coefficient (Wildman–Crippen LogP) is 3.44. The van der Waals surface area contributed by atoms with Crippen molar-refractivity contribution in [2.24, 2.45) is 0 Å². The van der Waals surface area contributed by atoms with Gasteiger partial charge in [-0.1, -0.05) is 0 Å². The van der Waals surface area contributed by atoms with Gasteiger partial charge in [0.2, 0.25) is 0 Å². The third-order valence-electron chi connectivity index (χ3n) is 3.95. The minimum atomic E-state index is -0.812. The maximum Gasteiger partial charge on any atom is 0.160 e. The highest BCUT2D eigenvalue weighted by atomic mass is 19.2. The molecule has 0 saturated carbocycles. The summed E-state index contributed by atoms with van der Waals surface area (Å²) in [5, 5.41) is 3.30. The number of benzene rings is 1. The highest BCUT2D eigenvalue weighted by molar-refractivity contribution is 5.44. The van der Waals surface area contributed by atoms with E-state index in [1.54, 1.807) is 18.5 Å². The smallest absolute Gasteiger partial charge is 0.160 e. The molecular formula is C17H19F2N3. The van der Waals surface area contributed by atoms with E-state index in [0.29, 0.717) is 5.69 Å². The maximum atomic E-state index is 13.3. The van der Waals surface area contributed by atoms with Crippen molar-refractivity contribution in [2.75, 3.05) is 18.4 Å². The molecule has 1 saturated heterocycles. The number of aromatic nitrogens is 1. The number of piperidine rings is 1. The van der Waals surface area contributed by atoms with E-state index >= 15 is 0 Å². The van der Waals surface area contributed by atoms with E-state index in [2.05, 4.69) is 15.2 Å². The fourth-order valence-corrected chi connectivity index (χ4v) is 2.88. The molecule has 1 aromatic heterocycles. The van der Waals surface area contributed by atoms with Crippen LogP contribution < -0.4 is 5.32 Å². The Hall–Kier alpha value is -2.01. The highest BCUT2D eigenvalue weighted by Crippen LogP contribution is 2.19. The molecular weight excluding hydrogens is 284 g/mol. The Balaban J connectivity index is 1.59. The number of nitrogens with one attached hydrogen (secondary N) is 1. The number of nitrogens with zero attached hydrogens (tertiary/aromatic N) is 2. The van der Waals surface area contributed by atoms with Gasteiger partial charge in [-0.3, -0.25) is 9.88 Å². The first-order valence-electron chi connectivity index (χ1n) is 7.53. The van der Waals surface area contributed by atoms with Crippen LogP contribution in [0.25, 0.3) is 0 Å². The SMILES string of the molecule is Fc1ccc(NC2CCCN(Cc3ccncc3)C2)cc1F. The lowest BCUT2D eigenvalue weighted by Crippen LogP contribution is -2.41. The molecule has 1 aliphatic heterocycles. The molecule has 1 aliphatic rings. The summed E-state index contributed by atoms with van der Waals surface area (Å²) in [7, 11) is 0. The lowest BCUT2D eigenvalue weighted by Gasteiger charge is -2.33. The number of hydrogen-bond donors (Lipinski definition) is 1. The second-order valence-corrected chi connectivity index (χ2v) is 5.70. The summed E-state index contributed by atoms with van der Waals surface area (Å²) >= 11 is 0. The molecule has 1 aromatic carbocycles. The van der Waals surface area contributed by atoms with Crippen molar-refractivity contribution >= 4 is 5.69 Å². The van der Waals surface area contributed by atoms with Crippen LogP contribution in [0.1, 0.15) is 18.4 Å². The number of anilines is 1. The van der Waals surface area contributed by atoms with Crippen LogP contribution in [-0.2, 0) is 6.54 Å². The Kier molecular flexibility index (Phi) is 4.63. The highest BCUT2D eigenvalue weighted by Gasteiger charge is 2.20. The molecule has 2 aromatic rings. The molecule has 1 N–H and O–H groups in total. The van der Waals surface area contributed by atoms with Crippen molar-refractivity contribution in [3.63, 3.8) is 0 Å². The normalized spacial score (nSPS) is 19.1. The molecule has 22 heavy (non-hydrogen) atoms. The fraction of sp³-hybridized carbons (Fsp3) is 0.353. The average molecular weight is 303 g/mol. The molecule has 0 amide bonds. The fourth-order valence-electron chi connectivity index (χ4n) is 2.88. The predicted molar refractivity (Wildman–Crippen MR) is 82.5 cm³/mol. The minimum absolute atomic E-state index is 0.250. The van der Waals surface area contributed by atoms with Gasteiger partial charge in [0.1, 0.15) is 0 Å². The van der Waals surface area contributed by atoms with Gasteiger partial charge in [-0.2, -0.15) is 0 Å². The van der Waals surface area contributed by atoms with E-state index in [4.69, 9.17) is 0 Å². The van der Waals surface area contributed by atoms with E-state index in [1.165, 1.54) is 11.6 Å². The molecule has 3 rings (SSSR count). The maximum absolute atomic E-state index is 13.3. The monoisotopic (exact) mass is 303 g/mol. The van der Waals surface area contributed by atoms with Gasteiger partial charge in [0.15, 0.2) is 11.6 Å². The van der Waals surface area contributed by atoms with Crippen LogP contribution in [0.4, 0.5) is 14.5 Å². The second kappa shape index (κ2) is 6.83. The van der Waals surface area contributed by atoms with Gasteiger partial charge in [-0.15, -0.1) is 0 Å². The standard InChI is InChI=1S/C17H19F2N3/c18-16-4-3-14(10-17(16)19)21-15-2-1-9-22(12-15)11-13-5-7-20-8-6-13/h3-8,10,15,21H,1-2,9,11-12H2. The third kappa shape index (κ3) is 3.80. The Morgan fingerprint density at radius 2 is 1.95 bits per heavy atom. The molecule has 0 aliphatic carbocycles. The molecule has 3 nitrogen and oxygen atoms in total. The first-order valence-corrected chi connectivity index (χ1v) is 7.53. The molecule has 1 unspecified atom stereocenters. The molecule has 0 spiro atoms. The van der Waals surface area contributed by atoms with Crippen molar-refractivity contribution in [2.45, 2.75) is 25.4 Å². The van der Waals surface area contributed by atoms with Crippen molar-refractivity contribution in [1.29, 1.82) is 0 Å². The number of rotatable bonds is 4. The van der Waals surface area contributed by atoms with Crippen molar-refractivity contribution in [1.82, 2.24) is 9.88 Å². The van der Waals surface area contributed by atoms with E-state index in [1.807, 2.05) is 12.1 Å². The van der Waals surface area contributed by atoms with E-state index in [9.17, 15) is 8.78 Å². The van der Waals surface area contributed by atoms with E-state index in [0.717, 1.165) is 38.5 Å². The Labute approximate surface area is 129 Å². The van der Waals surface area contributed by atoms with Crippen molar-refractivity contribution < 1.29 is 8.78 Å². The Morgan fingerprint density at radius 3 is 2.73 bits per heavy atom. The number of hydrogen-bond acceptors (Lipinski definition) is 3. The van der Waals surface area contributed by atoms with E-state index < -0.39 is 11.6 Å². The molecule has 1 fully saturated rings. The lowest BCUT2D eigenvalue weighted by molar-refractivity contribution is 0.208. The van der Waals surface area contributed by atoms with Crippen LogP contribution >= 0.6 is 0 Å². The summed E-state index contributed by atoms with van der Waals surface area (Å²) in [4.78, 5) is 6.40. The molecule has 2 heterocycles. The molecule has 1 atom stereocenters. The van der Waals surface area contributed by atoms with Gasteiger partial charge in [0.25, 0.3) is 0 Å². The van der Waals surface area contributed by atoms with Gasteiger partial charge < -0.3 is 5.32 Å². The Morgan fingerprint density at radius 1 is 1.14 bits per heavy atom. The zero-order valence-electron chi connectivity index (χ0n) is 12.3. The topological polar surface area (TPSA) is 28.2 Å². The lowest BCUT2D eigenvalue weighted by atomic mass is 10.0. The van der Waals surface area contributed by atoms with Gasteiger partial charge >= 0.3 is 0 Å². The molecule has 116 valence electrons. The average Bonchev–Trinajstić information content (AvgIpc) is 2.52. The summed E-state index contributed by atoms with van der Waals surface area (Å²) in [6.45, 7) is 2.83. The van der Waals surface area contributed by atoms with Crippen LogP contribution in [0.5, 0.6) is 0 Å². The largest absolute Gasteiger partial charge is 0.381 e. The second-order valence-electron chi connectivity index (χ2n) is 5.70. The quantitative estimate of drug-likeness (QED) is 0.938. The van der Waals surface area contributed by atoms with Crippen LogP contribution in [0.15, 0.2) is 42.7 Å². The number of pyridine rings is 1. The summed E-state index contributed by atoms with van der Waals surface area (Å²) < 4.78 is 26.2. The van der Waals surface area contributed by atoms with Gasteiger partial charge in [0, 0.05) is 43.3 Å². The van der Waals surface area contributed by atoms with Crippen molar-refractivity contribution in [3.05, 3.63) is 59.9 Å².